The summed E-state index contributed by atoms with van der Waals surface area (Å²) in [6, 6.07) is 16.0. The molecule has 0 saturated carbocycles. The second kappa shape index (κ2) is 8.85. The minimum atomic E-state index is -0.0450. The van der Waals surface area contributed by atoms with Crippen LogP contribution >= 0.6 is 0 Å². The van der Waals surface area contributed by atoms with Gasteiger partial charge in [0.05, 0.1) is 11.8 Å². The summed E-state index contributed by atoms with van der Waals surface area (Å²) in [5.41, 5.74) is 3.01. The molecule has 1 atom stereocenters. The van der Waals surface area contributed by atoms with E-state index in [9.17, 15) is 4.79 Å². The van der Waals surface area contributed by atoms with Gasteiger partial charge in [-0.05, 0) is 61.2 Å². The van der Waals surface area contributed by atoms with E-state index in [-0.39, 0.29) is 5.91 Å². The van der Waals surface area contributed by atoms with Crippen LogP contribution in [-0.4, -0.2) is 35.4 Å². The van der Waals surface area contributed by atoms with Crippen molar-refractivity contribution < 1.29 is 9.21 Å². The number of nitrogens with one attached hydrogen (secondary N) is 1. The summed E-state index contributed by atoms with van der Waals surface area (Å²) in [6.45, 7) is 3.72. The number of nitrogens with zero attached hydrogens (tertiary/aromatic N) is 2. The van der Waals surface area contributed by atoms with E-state index in [0.717, 1.165) is 43.8 Å². The molecule has 1 fully saturated rings. The zero-order valence-corrected chi connectivity index (χ0v) is 15.9. The second-order valence-electron chi connectivity index (χ2n) is 7.37. The maximum absolute atomic E-state index is 12.2. The first kappa shape index (κ1) is 18.4. The summed E-state index contributed by atoms with van der Waals surface area (Å²) in [4.78, 5) is 18.7. The van der Waals surface area contributed by atoms with Crippen molar-refractivity contribution in [3.8, 4) is 11.3 Å². The minimum Gasteiger partial charge on any atom is -0.464 e. The van der Waals surface area contributed by atoms with Crippen molar-refractivity contribution in [2.24, 2.45) is 5.92 Å². The Bertz CT molecular complexity index is 893. The van der Waals surface area contributed by atoms with Crippen molar-refractivity contribution in [3.63, 3.8) is 0 Å². The molecule has 0 aliphatic carbocycles. The fourth-order valence-corrected chi connectivity index (χ4v) is 3.82. The summed E-state index contributed by atoms with van der Waals surface area (Å²) in [5, 5.41) is 3.06. The largest absolute Gasteiger partial charge is 0.464 e. The van der Waals surface area contributed by atoms with E-state index in [1.54, 1.807) is 30.8 Å². The average molecular weight is 375 g/mol. The van der Waals surface area contributed by atoms with E-state index in [1.807, 2.05) is 12.1 Å². The van der Waals surface area contributed by atoms with Gasteiger partial charge in [0.2, 0.25) is 0 Å². The number of aromatic nitrogens is 1. The highest BCUT2D eigenvalue weighted by Gasteiger charge is 2.21. The minimum absolute atomic E-state index is 0.0450. The number of hydrogen-bond donors (Lipinski definition) is 1. The molecule has 1 aliphatic heterocycles. The van der Waals surface area contributed by atoms with Gasteiger partial charge in [-0.1, -0.05) is 18.2 Å². The van der Waals surface area contributed by atoms with Crippen LogP contribution in [0.3, 0.4) is 0 Å². The Kier molecular flexibility index (Phi) is 5.83. The van der Waals surface area contributed by atoms with Crippen LogP contribution in [-0.2, 0) is 6.54 Å². The van der Waals surface area contributed by atoms with E-state index < -0.39 is 0 Å². The third-order valence-electron chi connectivity index (χ3n) is 5.22. The Hall–Kier alpha value is -2.92. The maximum atomic E-state index is 12.2. The number of pyridine rings is 1. The quantitative estimate of drug-likeness (QED) is 0.708. The zero-order chi connectivity index (χ0) is 19.2. The molecule has 1 aromatic carbocycles. The smallest absolute Gasteiger partial charge is 0.252 e. The van der Waals surface area contributed by atoms with Gasteiger partial charge in [0, 0.05) is 37.6 Å². The molecule has 4 rings (SSSR count). The molecule has 1 saturated heterocycles. The lowest BCUT2D eigenvalue weighted by molar-refractivity contribution is 0.0930. The molecular weight excluding hydrogens is 350 g/mol. The molecule has 2 aromatic heterocycles. The number of carbonyl (C=O) groups is 1. The molecule has 5 heteroatoms. The fourth-order valence-electron chi connectivity index (χ4n) is 3.82. The van der Waals surface area contributed by atoms with Gasteiger partial charge in [-0.25, -0.2) is 0 Å². The van der Waals surface area contributed by atoms with E-state index in [4.69, 9.17) is 4.42 Å². The van der Waals surface area contributed by atoms with Gasteiger partial charge in [-0.3, -0.25) is 14.7 Å². The van der Waals surface area contributed by atoms with Gasteiger partial charge in [-0.15, -0.1) is 0 Å². The normalized spacial score (nSPS) is 17.4. The van der Waals surface area contributed by atoms with Crippen molar-refractivity contribution in [2.75, 3.05) is 19.6 Å². The van der Waals surface area contributed by atoms with Crippen molar-refractivity contribution in [1.29, 1.82) is 0 Å². The molecule has 144 valence electrons. The lowest BCUT2D eigenvalue weighted by Gasteiger charge is -2.33. The van der Waals surface area contributed by atoms with Gasteiger partial charge < -0.3 is 9.73 Å². The highest BCUT2D eigenvalue weighted by Crippen LogP contribution is 2.23. The zero-order valence-electron chi connectivity index (χ0n) is 15.9. The van der Waals surface area contributed by atoms with Crippen LogP contribution in [0, 0.1) is 5.92 Å². The third-order valence-corrected chi connectivity index (χ3v) is 5.22. The van der Waals surface area contributed by atoms with Crippen LogP contribution in [0.4, 0.5) is 0 Å². The Morgan fingerprint density at radius 1 is 1.21 bits per heavy atom. The molecule has 1 N–H and O–H groups in total. The number of rotatable bonds is 6. The molecule has 28 heavy (non-hydrogen) atoms. The number of likely N-dealkylation sites (tertiary alicyclic amines) is 1. The molecular formula is C23H25N3O2. The number of hydrogen-bond acceptors (Lipinski definition) is 4. The maximum Gasteiger partial charge on any atom is 0.252 e. The Balaban J connectivity index is 1.32. The van der Waals surface area contributed by atoms with E-state index >= 15 is 0 Å². The van der Waals surface area contributed by atoms with E-state index in [0.29, 0.717) is 18.0 Å². The lowest BCUT2D eigenvalue weighted by atomic mass is 9.97. The molecule has 1 amide bonds. The topological polar surface area (TPSA) is 58.4 Å². The molecule has 0 spiro atoms. The lowest BCUT2D eigenvalue weighted by Crippen LogP contribution is -2.40. The summed E-state index contributed by atoms with van der Waals surface area (Å²) in [5.74, 6) is 1.33. The number of benzene rings is 1. The van der Waals surface area contributed by atoms with Crippen LogP contribution < -0.4 is 5.32 Å². The van der Waals surface area contributed by atoms with Crippen molar-refractivity contribution >= 4 is 5.91 Å². The molecule has 3 heterocycles. The van der Waals surface area contributed by atoms with Crippen LogP contribution in [0.1, 0.15) is 28.8 Å². The first-order chi connectivity index (χ1) is 13.8. The molecule has 5 nitrogen and oxygen atoms in total. The number of carbonyl (C=O) groups excluding carboxylic acids is 1. The molecule has 3 aromatic rings. The highest BCUT2D eigenvalue weighted by molar-refractivity contribution is 5.93. The molecule has 1 aliphatic rings. The first-order valence-electron chi connectivity index (χ1n) is 9.81. The summed E-state index contributed by atoms with van der Waals surface area (Å²) < 4.78 is 5.51. The SMILES string of the molecule is O=C(NCC1CCCN(Cc2cccc(-c3ccco3)c2)C1)c1cccnc1. The molecule has 0 radical (unpaired) electrons. The Morgan fingerprint density at radius 3 is 3.00 bits per heavy atom. The predicted octanol–water partition coefficient (Wildman–Crippen LogP) is 3.98. The summed E-state index contributed by atoms with van der Waals surface area (Å²) in [6.07, 6.45) is 7.30. The van der Waals surface area contributed by atoms with Gasteiger partial charge in [0.15, 0.2) is 0 Å². The summed E-state index contributed by atoms with van der Waals surface area (Å²) in [7, 11) is 0. The predicted molar refractivity (Wildman–Crippen MR) is 109 cm³/mol. The van der Waals surface area contributed by atoms with Gasteiger partial charge >= 0.3 is 0 Å². The van der Waals surface area contributed by atoms with E-state index in [1.165, 1.54) is 5.56 Å². The van der Waals surface area contributed by atoms with Gasteiger partial charge in [0.1, 0.15) is 5.76 Å². The standard InChI is InChI=1S/C23H25N3O2/c27-23(21-8-2-10-24-15-21)25-14-19-6-3-11-26(17-19)16-18-5-1-7-20(13-18)22-9-4-12-28-22/h1-2,4-5,7-10,12-13,15,19H,3,6,11,14,16-17H2,(H,25,27). The van der Waals surface area contributed by atoms with Crippen LogP contribution in [0.15, 0.2) is 71.6 Å². The number of furan rings is 1. The second-order valence-corrected chi connectivity index (χ2v) is 7.37. The highest BCUT2D eigenvalue weighted by atomic mass is 16.3. The van der Waals surface area contributed by atoms with Crippen LogP contribution in [0.5, 0.6) is 0 Å². The molecule has 1 unspecified atom stereocenters. The van der Waals surface area contributed by atoms with Gasteiger partial charge in [-0.2, -0.15) is 0 Å². The van der Waals surface area contributed by atoms with Crippen molar-refractivity contribution in [2.45, 2.75) is 19.4 Å². The average Bonchev–Trinajstić information content (AvgIpc) is 3.28. The number of piperidine rings is 1. The molecule has 0 bridgehead atoms. The van der Waals surface area contributed by atoms with Crippen LogP contribution in [0.2, 0.25) is 0 Å². The van der Waals surface area contributed by atoms with Crippen molar-refractivity contribution in [3.05, 3.63) is 78.3 Å². The van der Waals surface area contributed by atoms with Crippen molar-refractivity contribution in [1.82, 2.24) is 15.2 Å². The number of amides is 1. The monoisotopic (exact) mass is 375 g/mol. The fraction of sp³-hybridized carbons (Fsp3) is 0.304. The Labute approximate surface area is 165 Å². The first-order valence-corrected chi connectivity index (χ1v) is 9.81. The summed E-state index contributed by atoms with van der Waals surface area (Å²) >= 11 is 0. The van der Waals surface area contributed by atoms with Gasteiger partial charge in [0.25, 0.3) is 5.91 Å². The van der Waals surface area contributed by atoms with E-state index in [2.05, 4.69) is 39.5 Å². The third kappa shape index (κ3) is 4.67. The Morgan fingerprint density at radius 2 is 2.18 bits per heavy atom. The van der Waals surface area contributed by atoms with Crippen LogP contribution in [0.25, 0.3) is 11.3 Å².